The number of carbonyl (C=O) groups excluding carboxylic acids is 1. The van der Waals surface area contributed by atoms with Crippen molar-refractivity contribution in [1.29, 1.82) is 0 Å². The first kappa shape index (κ1) is 25.6. The lowest BCUT2D eigenvalue weighted by molar-refractivity contribution is -0.158. The van der Waals surface area contributed by atoms with Crippen molar-refractivity contribution in [1.82, 2.24) is 4.90 Å². The highest BCUT2D eigenvalue weighted by Crippen LogP contribution is 2.30. The van der Waals surface area contributed by atoms with Gasteiger partial charge in [0.25, 0.3) is 0 Å². The van der Waals surface area contributed by atoms with Crippen LogP contribution in [-0.4, -0.2) is 70.5 Å². The maximum absolute atomic E-state index is 11.6. The molecule has 1 aliphatic heterocycles. The molecule has 1 saturated heterocycles. The van der Waals surface area contributed by atoms with E-state index in [1.165, 1.54) is 7.11 Å². The molecule has 0 radical (unpaired) electrons. The van der Waals surface area contributed by atoms with E-state index in [4.69, 9.17) is 26.6 Å². The SMILES string of the molecule is COC(=O)C(C)C1(O)CCN(CCc2ccccc2Cl)CC1.O=C(O)/C=C\C(=O)O. The Kier molecular flexibility index (Phi) is 10.5. The topological polar surface area (TPSA) is 124 Å². The minimum atomic E-state index is -1.26. The lowest BCUT2D eigenvalue weighted by Gasteiger charge is -2.40. The number of carboxylic acids is 2. The van der Waals surface area contributed by atoms with Crippen molar-refractivity contribution in [3.63, 3.8) is 0 Å². The summed E-state index contributed by atoms with van der Waals surface area (Å²) in [6.07, 6.45) is 3.19. The van der Waals surface area contributed by atoms with Gasteiger partial charge in [-0.3, -0.25) is 4.79 Å². The Labute approximate surface area is 180 Å². The number of hydrogen-bond donors (Lipinski definition) is 3. The summed E-state index contributed by atoms with van der Waals surface area (Å²) in [5.74, 6) is -3.34. The first-order chi connectivity index (χ1) is 14.1. The number of ether oxygens (including phenoxy) is 1. The van der Waals surface area contributed by atoms with E-state index in [-0.39, 0.29) is 5.97 Å². The standard InChI is InChI=1S/C17H24ClNO3.C4H4O4/c1-13(16(20)22-2)17(21)8-11-19(12-9-17)10-7-14-5-3-4-6-15(14)18;5-3(6)1-2-4(7)8/h3-6,13,21H,7-12H2,1-2H3;1-2H,(H,5,6)(H,7,8)/b;2-1-. The number of rotatable bonds is 7. The molecular weight excluding hydrogens is 414 g/mol. The molecule has 2 rings (SSSR count). The van der Waals surface area contributed by atoms with E-state index in [9.17, 15) is 19.5 Å². The number of benzene rings is 1. The Morgan fingerprint density at radius 2 is 1.70 bits per heavy atom. The van der Waals surface area contributed by atoms with Crippen LogP contribution in [-0.2, 0) is 25.5 Å². The van der Waals surface area contributed by atoms with Crippen LogP contribution in [0.3, 0.4) is 0 Å². The molecule has 1 aliphatic rings. The van der Waals surface area contributed by atoms with Crippen molar-refractivity contribution in [2.75, 3.05) is 26.7 Å². The van der Waals surface area contributed by atoms with E-state index >= 15 is 0 Å². The summed E-state index contributed by atoms with van der Waals surface area (Å²) in [6.45, 7) is 4.21. The van der Waals surface area contributed by atoms with Crippen molar-refractivity contribution in [2.24, 2.45) is 5.92 Å². The molecule has 166 valence electrons. The van der Waals surface area contributed by atoms with Gasteiger partial charge in [-0.15, -0.1) is 0 Å². The summed E-state index contributed by atoms with van der Waals surface area (Å²) in [5.41, 5.74) is 0.196. The number of carboxylic acid groups (broad SMARTS) is 2. The van der Waals surface area contributed by atoms with E-state index in [1.807, 2.05) is 24.3 Å². The average Bonchev–Trinajstić information content (AvgIpc) is 2.72. The summed E-state index contributed by atoms with van der Waals surface area (Å²) in [5, 5.41) is 27.1. The lowest BCUT2D eigenvalue weighted by Crippen LogP contribution is -2.50. The quantitative estimate of drug-likeness (QED) is 0.434. The fraction of sp³-hybridized carbons (Fsp3) is 0.476. The van der Waals surface area contributed by atoms with E-state index < -0.39 is 23.5 Å². The van der Waals surface area contributed by atoms with Gasteiger partial charge in [-0.05, 0) is 37.8 Å². The van der Waals surface area contributed by atoms with Crippen LogP contribution in [0.1, 0.15) is 25.3 Å². The second-order valence-corrected chi connectivity index (χ2v) is 7.45. The van der Waals surface area contributed by atoms with Gasteiger partial charge in [0.05, 0.1) is 18.6 Å². The molecule has 1 atom stereocenters. The third-order valence-electron chi connectivity index (χ3n) is 5.11. The summed E-state index contributed by atoms with van der Waals surface area (Å²) in [7, 11) is 1.36. The Bertz CT molecular complexity index is 741. The summed E-state index contributed by atoms with van der Waals surface area (Å²) < 4.78 is 4.75. The highest BCUT2D eigenvalue weighted by Gasteiger charge is 2.41. The Hall–Kier alpha value is -2.42. The van der Waals surface area contributed by atoms with E-state index in [0.717, 1.165) is 36.6 Å². The van der Waals surface area contributed by atoms with Gasteiger partial charge in [0, 0.05) is 36.8 Å². The van der Waals surface area contributed by atoms with Crippen molar-refractivity contribution < 1.29 is 34.4 Å². The molecule has 1 aromatic rings. The second-order valence-electron chi connectivity index (χ2n) is 7.04. The molecule has 1 heterocycles. The zero-order chi connectivity index (χ0) is 22.7. The first-order valence-electron chi connectivity index (χ1n) is 9.49. The number of halogens is 1. The van der Waals surface area contributed by atoms with Crippen LogP contribution in [0, 0.1) is 5.92 Å². The molecule has 8 nitrogen and oxygen atoms in total. The third-order valence-corrected chi connectivity index (χ3v) is 5.48. The Morgan fingerprint density at radius 1 is 1.17 bits per heavy atom. The molecule has 0 bridgehead atoms. The van der Waals surface area contributed by atoms with Crippen LogP contribution < -0.4 is 0 Å². The monoisotopic (exact) mass is 441 g/mol. The first-order valence-corrected chi connectivity index (χ1v) is 9.86. The molecule has 3 N–H and O–H groups in total. The third kappa shape index (κ3) is 8.52. The van der Waals surface area contributed by atoms with Crippen molar-refractivity contribution in [3.8, 4) is 0 Å². The van der Waals surface area contributed by atoms with Gasteiger partial charge in [-0.1, -0.05) is 29.8 Å². The maximum atomic E-state index is 11.6. The van der Waals surface area contributed by atoms with Crippen molar-refractivity contribution in [3.05, 3.63) is 47.0 Å². The van der Waals surface area contributed by atoms with Gasteiger partial charge >= 0.3 is 17.9 Å². The largest absolute Gasteiger partial charge is 0.478 e. The number of nitrogens with zero attached hydrogens (tertiary/aromatic N) is 1. The lowest BCUT2D eigenvalue weighted by atomic mass is 9.80. The number of carbonyl (C=O) groups is 3. The fourth-order valence-electron chi connectivity index (χ4n) is 3.12. The van der Waals surface area contributed by atoms with Crippen LogP contribution >= 0.6 is 11.6 Å². The summed E-state index contributed by atoms with van der Waals surface area (Å²) in [4.78, 5) is 33.1. The van der Waals surface area contributed by atoms with E-state index in [2.05, 4.69) is 4.90 Å². The van der Waals surface area contributed by atoms with Crippen molar-refractivity contribution in [2.45, 2.75) is 31.8 Å². The molecule has 1 aromatic carbocycles. The average molecular weight is 442 g/mol. The van der Waals surface area contributed by atoms with Crippen LogP contribution in [0.25, 0.3) is 0 Å². The molecule has 0 aromatic heterocycles. The normalized spacial score (nSPS) is 16.9. The summed E-state index contributed by atoms with van der Waals surface area (Å²) in [6, 6.07) is 7.88. The molecule has 0 amide bonds. The van der Waals surface area contributed by atoms with Crippen LogP contribution in [0.5, 0.6) is 0 Å². The number of esters is 1. The van der Waals surface area contributed by atoms with Gasteiger partial charge in [0.2, 0.25) is 0 Å². The van der Waals surface area contributed by atoms with Gasteiger partial charge in [-0.25, -0.2) is 9.59 Å². The summed E-state index contributed by atoms with van der Waals surface area (Å²) >= 11 is 6.17. The number of aliphatic hydroxyl groups is 1. The molecule has 1 fully saturated rings. The Morgan fingerprint density at radius 3 is 2.17 bits per heavy atom. The van der Waals surface area contributed by atoms with Crippen molar-refractivity contribution >= 4 is 29.5 Å². The highest BCUT2D eigenvalue weighted by atomic mass is 35.5. The van der Waals surface area contributed by atoms with Gasteiger partial charge in [0.15, 0.2) is 0 Å². The van der Waals surface area contributed by atoms with Gasteiger partial charge in [-0.2, -0.15) is 0 Å². The number of hydrogen-bond acceptors (Lipinski definition) is 6. The molecule has 1 unspecified atom stereocenters. The minimum Gasteiger partial charge on any atom is -0.478 e. The van der Waals surface area contributed by atoms with Crippen LogP contribution in [0.2, 0.25) is 5.02 Å². The highest BCUT2D eigenvalue weighted by molar-refractivity contribution is 6.31. The van der Waals surface area contributed by atoms with E-state index in [1.54, 1.807) is 6.92 Å². The fourth-order valence-corrected chi connectivity index (χ4v) is 3.35. The Balaban J connectivity index is 0.000000479. The van der Waals surface area contributed by atoms with Crippen LogP contribution in [0.4, 0.5) is 0 Å². The zero-order valence-corrected chi connectivity index (χ0v) is 17.8. The van der Waals surface area contributed by atoms with Crippen LogP contribution in [0.15, 0.2) is 36.4 Å². The second kappa shape index (κ2) is 12.3. The molecule has 30 heavy (non-hydrogen) atoms. The molecule has 0 saturated carbocycles. The number of piperidine rings is 1. The molecular formula is C21H28ClNO7. The molecule has 9 heteroatoms. The number of likely N-dealkylation sites (tertiary alicyclic amines) is 1. The predicted molar refractivity (Wildman–Crippen MR) is 111 cm³/mol. The molecule has 0 spiro atoms. The predicted octanol–water partition coefficient (Wildman–Crippen LogP) is 2.23. The number of methoxy groups -OCH3 is 1. The number of aliphatic carboxylic acids is 2. The minimum absolute atomic E-state index is 0.341. The van der Waals surface area contributed by atoms with Gasteiger partial charge < -0.3 is 25.0 Å². The zero-order valence-electron chi connectivity index (χ0n) is 17.1. The molecule has 0 aliphatic carbocycles. The smallest absolute Gasteiger partial charge is 0.328 e. The van der Waals surface area contributed by atoms with Gasteiger partial charge in [0.1, 0.15) is 0 Å². The maximum Gasteiger partial charge on any atom is 0.328 e. The van der Waals surface area contributed by atoms with E-state index in [0.29, 0.717) is 25.0 Å².